The van der Waals surface area contributed by atoms with E-state index < -0.39 is 79.3 Å². The predicted molar refractivity (Wildman–Crippen MR) is 182 cm³/mol. The third kappa shape index (κ3) is 9.68. The molecule has 0 radical (unpaired) electrons. The third-order valence-corrected chi connectivity index (χ3v) is 8.50. The highest BCUT2D eigenvalue weighted by Gasteiger charge is 2.53. The molecule has 2 aliphatic rings. The van der Waals surface area contributed by atoms with Crippen molar-refractivity contribution < 1.29 is 67.0 Å². The van der Waals surface area contributed by atoms with E-state index in [9.17, 15) is 33.9 Å². The van der Waals surface area contributed by atoms with Gasteiger partial charge < -0.3 is 43.6 Å². The molecule has 5 rings (SSSR count). The van der Waals surface area contributed by atoms with E-state index in [1.165, 1.54) is 12.1 Å². The van der Waals surface area contributed by atoms with Gasteiger partial charge in [0.2, 0.25) is 12.4 Å². The van der Waals surface area contributed by atoms with Crippen LogP contribution in [0.1, 0.15) is 50.3 Å². The number of carboxylic acids is 1. The van der Waals surface area contributed by atoms with Crippen LogP contribution in [-0.2, 0) is 58.8 Å². The number of alkyl carbamates (subject to hydrolysis) is 1. The summed E-state index contributed by atoms with van der Waals surface area (Å²) >= 11 is 0. The van der Waals surface area contributed by atoms with Crippen molar-refractivity contribution >= 4 is 35.9 Å². The van der Waals surface area contributed by atoms with Crippen molar-refractivity contribution in [3.8, 4) is 16.9 Å². The number of carboxylic acid groups (broad SMARTS) is 1. The number of benzene rings is 3. The van der Waals surface area contributed by atoms with Gasteiger partial charge in [0.15, 0.2) is 12.2 Å². The maximum atomic E-state index is 12.8. The Balaban J connectivity index is 1.26. The average Bonchev–Trinajstić information content (AvgIpc) is 3.42. The molecule has 3 aromatic rings. The van der Waals surface area contributed by atoms with E-state index in [2.05, 4.69) is 5.32 Å². The number of nitrogens with one attached hydrogen (secondary N) is 1. The maximum Gasteiger partial charge on any atom is 0.407 e. The van der Waals surface area contributed by atoms with Crippen molar-refractivity contribution in [2.75, 3.05) is 13.2 Å². The second kappa shape index (κ2) is 17.0. The van der Waals surface area contributed by atoms with Crippen LogP contribution < -0.4 is 10.1 Å². The molecule has 6 atom stereocenters. The summed E-state index contributed by atoms with van der Waals surface area (Å²) in [7, 11) is 0. The number of amides is 1. The number of carbonyl (C=O) groups is 6. The van der Waals surface area contributed by atoms with Crippen LogP contribution in [0.2, 0.25) is 0 Å². The Labute approximate surface area is 304 Å². The lowest BCUT2D eigenvalue weighted by Gasteiger charge is -2.43. The van der Waals surface area contributed by atoms with E-state index in [0.29, 0.717) is 5.56 Å². The average molecular weight is 734 g/mol. The van der Waals surface area contributed by atoms with Crippen molar-refractivity contribution in [3.05, 3.63) is 89.5 Å². The molecular formula is C38H39NO14. The molecule has 1 aliphatic carbocycles. The van der Waals surface area contributed by atoms with Crippen LogP contribution in [0.25, 0.3) is 11.1 Å². The van der Waals surface area contributed by atoms with Gasteiger partial charge in [-0.15, -0.1) is 0 Å². The SMILES string of the molecule is CC(=O)OC[C@H]1O[C@@H](Oc2ccc(C[C@H](NC(=O)OCC3c4ccccc4-c4ccccc43)C(=O)O)cc2)[C@H](OC(C)=O)[C@@H](OC(C)=O)[C@@H]1OC(C)=O. The van der Waals surface area contributed by atoms with Crippen molar-refractivity contribution in [2.24, 2.45) is 0 Å². The molecule has 280 valence electrons. The number of aliphatic carboxylic acids is 1. The quantitative estimate of drug-likeness (QED) is 0.190. The number of fused-ring (bicyclic) bond motifs is 3. The van der Waals surface area contributed by atoms with E-state index in [1.54, 1.807) is 12.1 Å². The first-order valence-corrected chi connectivity index (χ1v) is 16.7. The number of esters is 4. The molecule has 3 aromatic carbocycles. The van der Waals surface area contributed by atoms with Gasteiger partial charge >= 0.3 is 35.9 Å². The van der Waals surface area contributed by atoms with Crippen LogP contribution in [0.4, 0.5) is 4.79 Å². The van der Waals surface area contributed by atoms with Crippen LogP contribution >= 0.6 is 0 Å². The molecule has 2 N–H and O–H groups in total. The van der Waals surface area contributed by atoms with Gasteiger partial charge in [0.05, 0.1) is 0 Å². The summed E-state index contributed by atoms with van der Waals surface area (Å²) in [4.78, 5) is 72.8. The molecule has 0 bridgehead atoms. The highest BCUT2D eigenvalue weighted by molar-refractivity contribution is 5.81. The lowest BCUT2D eigenvalue weighted by atomic mass is 9.98. The highest BCUT2D eigenvalue weighted by Crippen LogP contribution is 2.44. The molecular weight excluding hydrogens is 694 g/mol. The molecule has 15 heteroatoms. The molecule has 1 amide bonds. The van der Waals surface area contributed by atoms with Gasteiger partial charge in [-0.05, 0) is 39.9 Å². The largest absolute Gasteiger partial charge is 0.480 e. The Hall–Kier alpha value is -5.96. The zero-order valence-electron chi connectivity index (χ0n) is 29.3. The third-order valence-electron chi connectivity index (χ3n) is 8.50. The van der Waals surface area contributed by atoms with Crippen molar-refractivity contribution in [1.82, 2.24) is 5.32 Å². The number of ether oxygens (including phenoxy) is 7. The molecule has 15 nitrogen and oxygen atoms in total. The monoisotopic (exact) mass is 733 g/mol. The standard InChI is InChI=1S/C38H39NO14/c1-20(40)47-19-32-33(49-21(2)41)34(50-22(3)42)35(51-23(4)43)37(53-32)52-25-15-13-24(14-16-25)17-31(36(44)45)39-38(46)48-18-30-28-11-7-5-9-26(28)27-10-6-8-12-29(27)30/h5-16,30-35,37H,17-19H2,1-4H3,(H,39,46)(H,44,45)/t31-,32+,33+,34-,35+,37+/m0/s1. The molecule has 1 saturated heterocycles. The predicted octanol–water partition coefficient (Wildman–Crippen LogP) is 3.68. The summed E-state index contributed by atoms with van der Waals surface area (Å²) in [6.07, 6.45) is -7.86. The number of rotatable bonds is 13. The zero-order valence-corrected chi connectivity index (χ0v) is 29.3. The Kier molecular flexibility index (Phi) is 12.3. The first-order valence-electron chi connectivity index (χ1n) is 16.7. The summed E-state index contributed by atoms with van der Waals surface area (Å²) in [5.41, 5.74) is 4.65. The topological polar surface area (TPSA) is 199 Å². The summed E-state index contributed by atoms with van der Waals surface area (Å²) in [6.45, 7) is 4.07. The fourth-order valence-electron chi connectivity index (χ4n) is 6.34. The van der Waals surface area contributed by atoms with Gasteiger partial charge in [-0.25, -0.2) is 9.59 Å². The smallest absolute Gasteiger partial charge is 0.407 e. The number of hydrogen-bond donors (Lipinski definition) is 2. The fraction of sp³-hybridized carbons (Fsp3) is 0.368. The van der Waals surface area contributed by atoms with E-state index in [-0.39, 0.29) is 24.7 Å². The van der Waals surface area contributed by atoms with Crippen molar-refractivity contribution in [3.63, 3.8) is 0 Å². The molecule has 1 fully saturated rings. The molecule has 1 aliphatic heterocycles. The lowest BCUT2D eigenvalue weighted by Crippen LogP contribution is -2.63. The minimum Gasteiger partial charge on any atom is -0.480 e. The molecule has 1 heterocycles. The van der Waals surface area contributed by atoms with Gasteiger partial charge in [0.1, 0.15) is 31.1 Å². The minimum absolute atomic E-state index is 0.0114. The molecule has 0 spiro atoms. The Bertz CT molecular complexity index is 1800. The first-order chi connectivity index (χ1) is 25.3. The first kappa shape index (κ1) is 38.3. The molecule has 0 aromatic heterocycles. The fourth-order valence-corrected chi connectivity index (χ4v) is 6.34. The van der Waals surface area contributed by atoms with Crippen LogP contribution in [0, 0.1) is 0 Å². The Morgan fingerprint density at radius 1 is 0.679 bits per heavy atom. The van der Waals surface area contributed by atoms with Crippen LogP contribution in [-0.4, -0.2) is 91.0 Å². The summed E-state index contributed by atoms with van der Waals surface area (Å²) in [5.74, 6) is -4.34. The second-order valence-corrected chi connectivity index (χ2v) is 12.4. The lowest BCUT2D eigenvalue weighted by molar-refractivity contribution is -0.288. The molecule has 53 heavy (non-hydrogen) atoms. The molecule has 0 saturated carbocycles. The second-order valence-electron chi connectivity index (χ2n) is 12.4. The van der Waals surface area contributed by atoms with E-state index in [1.807, 2.05) is 48.5 Å². The molecule has 0 unspecified atom stereocenters. The van der Waals surface area contributed by atoms with Gasteiger partial charge in [-0.2, -0.15) is 0 Å². The van der Waals surface area contributed by atoms with Crippen LogP contribution in [0.15, 0.2) is 72.8 Å². The van der Waals surface area contributed by atoms with E-state index in [4.69, 9.17) is 33.2 Å². The summed E-state index contributed by atoms with van der Waals surface area (Å²) < 4.78 is 38.8. The van der Waals surface area contributed by atoms with Gasteiger partial charge in [-0.1, -0.05) is 60.7 Å². The Morgan fingerprint density at radius 3 is 1.77 bits per heavy atom. The van der Waals surface area contributed by atoms with E-state index in [0.717, 1.165) is 49.9 Å². The number of carbonyl (C=O) groups excluding carboxylic acids is 5. The minimum atomic E-state index is -1.46. The summed E-state index contributed by atoms with van der Waals surface area (Å²) in [5, 5.41) is 12.3. The Morgan fingerprint density at radius 2 is 1.23 bits per heavy atom. The normalized spacial score (nSPS) is 20.8. The van der Waals surface area contributed by atoms with Crippen molar-refractivity contribution in [2.45, 2.75) is 76.8 Å². The van der Waals surface area contributed by atoms with Gasteiger partial charge in [-0.3, -0.25) is 19.2 Å². The van der Waals surface area contributed by atoms with Crippen LogP contribution in [0.5, 0.6) is 5.75 Å². The number of hydrogen-bond acceptors (Lipinski definition) is 13. The van der Waals surface area contributed by atoms with Gasteiger partial charge in [0.25, 0.3) is 0 Å². The summed E-state index contributed by atoms with van der Waals surface area (Å²) in [6, 6.07) is 20.4. The van der Waals surface area contributed by atoms with Crippen LogP contribution in [0.3, 0.4) is 0 Å². The van der Waals surface area contributed by atoms with E-state index >= 15 is 0 Å². The van der Waals surface area contributed by atoms with Gasteiger partial charge in [0, 0.05) is 40.0 Å². The van der Waals surface area contributed by atoms with Crippen molar-refractivity contribution in [1.29, 1.82) is 0 Å². The highest BCUT2D eigenvalue weighted by atomic mass is 16.7. The zero-order chi connectivity index (χ0) is 38.2. The maximum absolute atomic E-state index is 12.8.